The van der Waals surface area contributed by atoms with Crippen molar-refractivity contribution in [1.82, 2.24) is 9.78 Å². The lowest BCUT2D eigenvalue weighted by atomic mass is 10.2. The molecule has 0 aliphatic carbocycles. The van der Waals surface area contributed by atoms with Gasteiger partial charge < -0.3 is 4.90 Å². The molecule has 2 rings (SSSR count). The number of nitrogens with zero attached hydrogens (tertiary/aromatic N) is 4. The number of amides is 1. The zero-order valence-corrected chi connectivity index (χ0v) is 10.7. The van der Waals surface area contributed by atoms with Crippen LogP contribution >= 0.6 is 0 Å². The van der Waals surface area contributed by atoms with E-state index in [1.165, 1.54) is 4.68 Å². The molecule has 0 saturated heterocycles. The van der Waals surface area contributed by atoms with Gasteiger partial charge >= 0.3 is 0 Å². The topological polar surface area (TPSA) is 61.9 Å². The average molecular weight is 254 g/mol. The van der Waals surface area contributed by atoms with Gasteiger partial charge in [0, 0.05) is 25.5 Å². The number of benzene rings is 1. The third-order valence-corrected chi connectivity index (χ3v) is 2.80. The van der Waals surface area contributed by atoms with Crippen LogP contribution in [0.4, 0.5) is 5.69 Å². The maximum atomic E-state index is 12.5. The Morgan fingerprint density at radius 3 is 2.68 bits per heavy atom. The van der Waals surface area contributed by atoms with Crippen LogP contribution in [-0.2, 0) is 7.05 Å². The second kappa shape index (κ2) is 5.83. The van der Waals surface area contributed by atoms with Gasteiger partial charge in [0.05, 0.1) is 12.5 Å². The summed E-state index contributed by atoms with van der Waals surface area (Å²) in [5.41, 5.74) is 1.28. The molecule has 2 aromatic rings. The standard InChI is InChI=1S/C14H14N4O/c1-17-13(8-10-16-17)14(19)18(11-5-9-15)12-6-3-2-4-7-12/h2-4,6-8,10H,5,11H2,1H3. The third kappa shape index (κ3) is 2.80. The van der Waals surface area contributed by atoms with Gasteiger partial charge in [-0.25, -0.2) is 0 Å². The summed E-state index contributed by atoms with van der Waals surface area (Å²) in [5, 5.41) is 12.7. The number of aromatic nitrogens is 2. The molecule has 0 fully saturated rings. The Hall–Kier alpha value is -2.61. The molecule has 0 unspecified atom stereocenters. The lowest BCUT2D eigenvalue weighted by Crippen LogP contribution is -2.33. The van der Waals surface area contributed by atoms with Crippen molar-refractivity contribution in [2.75, 3.05) is 11.4 Å². The number of para-hydroxylation sites is 1. The Morgan fingerprint density at radius 2 is 2.11 bits per heavy atom. The first-order valence-corrected chi connectivity index (χ1v) is 5.96. The first-order valence-electron chi connectivity index (χ1n) is 5.96. The van der Waals surface area contributed by atoms with Crippen LogP contribution in [0.5, 0.6) is 0 Å². The second-order valence-corrected chi connectivity index (χ2v) is 4.04. The van der Waals surface area contributed by atoms with E-state index in [0.717, 1.165) is 5.69 Å². The Labute approximate surface area is 111 Å². The molecule has 0 radical (unpaired) electrons. The van der Waals surface area contributed by atoms with Gasteiger partial charge in [0.15, 0.2) is 0 Å². The highest BCUT2D eigenvalue weighted by atomic mass is 16.2. The Balaban J connectivity index is 2.31. The largest absolute Gasteiger partial charge is 0.306 e. The van der Waals surface area contributed by atoms with Crippen LogP contribution in [0.25, 0.3) is 0 Å². The molecule has 1 aromatic heterocycles. The Bertz CT molecular complexity index is 597. The van der Waals surface area contributed by atoms with Crippen molar-refractivity contribution < 1.29 is 4.79 Å². The van der Waals surface area contributed by atoms with Crippen LogP contribution in [0.1, 0.15) is 16.9 Å². The molecular weight excluding hydrogens is 240 g/mol. The normalized spacial score (nSPS) is 9.89. The van der Waals surface area contributed by atoms with Crippen LogP contribution in [0.2, 0.25) is 0 Å². The van der Waals surface area contributed by atoms with Gasteiger partial charge in [-0.15, -0.1) is 0 Å². The number of rotatable bonds is 4. The van der Waals surface area contributed by atoms with Crippen molar-refractivity contribution in [3.8, 4) is 6.07 Å². The van der Waals surface area contributed by atoms with Crippen LogP contribution in [0.3, 0.4) is 0 Å². The summed E-state index contributed by atoms with van der Waals surface area (Å²) in [7, 11) is 1.72. The molecule has 96 valence electrons. The number of anilines is 1. The van der Waals surface area contributed by atoms with Crippen molar-refractivity contribution in [1.29, 1.82) is 5.26 Å². The molecule has 5 heteroatoms. The van der Waals surface area contributed by atoms with Gasteiger partial charge in [-0.05, 0) is 18.2 Å². The average Bonchev–Trinajstić information content (AvgIpc) is 2.86. The minimum Gasteiger partial charge on any atom is -0.306 e. The fourth-order valence-corrected chi connectivity index (χ4v) is 1.84. The van der Waals surface area contributed by atoms with Crippen molar-refractivity contribution >= 4 is 11.6 Å². The van der Waals surface area contributed by atoms with Gasteiger partial charge in [0.2, 0.25) is 0 Å². The van der Waals surface area contributed by atoms with Crippen LogP contribution < -0.4 is 4.90 Å². The highest BCUT2D eigenvalue weighted by Crippen LogP contribution is 2.16. The van der Waals surface area contributed by atoms with Gasteiger partial charge in [-0.2, -0.15) is 10.4 Å². The fraction of sp³-hybridized carbons (Fsp3) is 0.214. The molecule has 1 aromatic carbocycles. The number of aryl methyl sites for hydroxylation is 1. The smallest absolute Gasteiger partial charge is 0.276 e. The van der Waals surface area contributed by atoms with E-state index >= 15 is 0 Å². The third-order valence-electron chi connectivity index (χ3n) is 2.80. The van der Waals surface area contributed by atoms with Crippen molar-refractivity contribution in [3.05, 3.63) is 48.3 Å². The van der Waals surface area contributed by atoms with Gasteiger partial charge in [0.1, 0.15) is 5.69 Å². The first-order chi connectivity index (χ1) is 9.24. The maximum Gasteiger partial charge on any atom is 0.276 e. The number of hydrogen-bond donors (Lipinski definition) is 0. The molecule has 0 saturated carbocycles. The minimum absolute atomic E-state index is 0.151. The molecular formula is C14H14N4O. The Morgan fingerprint density at radius 1 is 1.37 bits per heavy atom. The highest BCUT2D eigenvalue weighted by Gasteiger charge is 2.19. The quantitative estimate of drug-likeness (QED) is 0.838. The zero-order chi connectivity index (χ0) is 13.7. The molecule has 0 atom stereocenters. The van der Waals surface area contributed by atoms with Crippen LogP contribution in [-0.4, -0.2) is 22.2 Å². The minimum atomic E-state index is -0.151. The molecule has 5 nitrogen and oxygen atoms in total. The molecule has 0 aliphatic rings. The molecule has 0 aliphatic heterocycles. The molecule has 19 heavy (non-hydrogen) atoms. The van der Waals surface area contributed by atoms with Crippen molar-refractivity contribution in [3.63, 3.8) is 0 Å². The van der Waals surface area contributed by atoms with E-state index in [2.05, 4.69) is 11.2 Å². The van der Waals surface area contributed by atoms with Gasteiger partial charge in [-0.1, -0.05) is 18.2 Å². The lowest BCUT2D eigenvalue weighted by molar-refractivity contribution is 0.0978. The summed E-state index contributed by atoms with van der Waals surface area (Å²) in [4.78, 5) is 14.1. The summed E-state index contributed by atoms with van der Waals surface area (Å²) >= 11 is 0. The molecule has 0 bridgehead atoms. The van der Waals surface area contributed by atoms with E-state index < -0.39 is 0 Å². The van der Waals surface area contributed by atoms with E-state index in [0.29, 0.717) is 18.7 Å². The number of carbonyl (C=O) groups is 1. The molecule has 0 N–H and O–H groups in total. The summed E-state index contributed by atoms with van der Waals surface area (Å²) in [5.74, 6) is -0.151. The predicted molar refractivity (Wildman–Crippen MR) is 71.6 cm³/mol. The number of hydrogen-bond acceptors (Lipinski definition) is 3. The fourth-order valence-electron chi connectivity index (χ4n) is 1.84. The summed E-state index contributed by atoms with van der Waals surface area (Å²) < 4.78 is 1.53. The number of carbonyl (C=O) groups excluding carboxylic acids is 1. The summed E-state index contributed by atoms with van der Waals surface area (Å²) in [6.45, 7) is 0.366. The predicted octanol–water partition coefficient (Wildman–Crippen LogP) is 1.98. The first kappa shape index (κ1) is 12.8. The van der Waals surface area contributed by atoms with Gasteiger partial charge in [-0.3, -0.25) is 9.48 Å². The molecule has 0 spiro atoms. The lowest BCUT2D eigenvalue weighted by Gasteiger charge is -2.21. The number of nitriles is 1. The van der Waals surface area contributed by atoms with Crippen LogP contribution in [0, 0.1) is 11.3 Å². The second-order valence-electron chi connectivity index (χ2n) is 4.04. The molecule has 1 amide bonds. The van der Waals surface area contributed by atoms with Crippen LogP contribution in [0.15, 0.2) is 42.6 Å². The van der Waals surface area contributed by atoms with Crippen molar-refractivity contribution in [2.45, 2.75) is 6.42 Å². The monoisotopic (exact) mass is 254 g/mol. The SMILES string of the molecule is Cn1nccc1C(=O)N(CCC#N)c1ccccc1. The summed E-state index contributed by atoms with van der Waals surface area (Å²) in [6, 6.07) is 13.1. The van der Waals surface area contributed by atoms with E-state index in [9.17, 15) is 4.79 Å². The Kier molecular flexibility index (Phi) is 3.94. The van der Waals surface area contributed by atoms with E-state index in [1.54, 1.807) is 24.2 Å². The highest BCUT2D eigenvalue weighted by molar-refractivity contribution is 6.04. The van der Waals surface area contributed by atoms with E-state index in [4.69, 9.17) is 5.26 Å². The zero-order valence-electron chi connectivity index (χ0n) is 10.7. The maximum absolute atomic E-state index is 12.5. The van der Waals surface area contributed by atoms with Gasteiger partial charge in [0.25, 0.3) is 5.91 Å². The van der Waals surface area contributed by atoms with E-state index in [-0.39, 0.29) is 5.91 Å². The van der Waals surface area contributed by atoms with Crippen molar-refractivity contribution in [2.24, 2.45) is 7.05 Å². The summed E-state index contributed by atoms with van der Waals surface area (Å²) in [6.07, 6.45) is 1.87. The molecule has 1 heterocycles. The van der Waals surface area contributed by atoms with E-state index in [1.807, 2.05) is 30.3 Å².